The Hall–Kier alpha value is -3.75. The number of carbonyl (C=O) groups is 1. The molecular formula is C22H21N5O3. The number of nitrogens with one attached hydrogen (secondary N) is 1. The average Bonchev–Trinajstić information content (AvgIpc) is 2.75. The number of carbonyl (C=O) groups excluding carboxylic acids is 1. The third kappa shape index (κ3) is 4.00. The highest BCUT2D eigenvalue weighted by Crippen LogP contribution is 2.26. The number of aromatic nitrogens is 2. The minimum Gasteiger partial charge on any atom is -0.508 e. The summed E-state index contributed by atoms with van der Waals surface area (Å²) >= 11 is 0. The summed E-state index contributed by atoms with van der Waals surface area (Å²) in [4.78, 5) is 33.3. The van der Waals surface area contributed by atoms with Crippen LogP contribution in [0.3, 0.4) is 0 Å². The molecule has 0 unspecified atom stereocenters. The van der Waals surface area contributed by atoms with Gasteiger partial charge in [-0.15, -0.1) is 0 Å². The van der Waals surface area contributed by atoms with Crippen molar-refractivity contribution in [2.45, 2.75) is 6.92 Å². The van der Waals surface area contributed by atoms with Crippen molar-refractivity contribution in [3.63, 3.8) is 0 Å². The van der Waals surface area contributed by atoms with E-state index in [9.17, 15) is 14.7 Å². The largest absolute Gasteiger partial charge is 0.508 e. The molecule has 3 aromatic rings. The van der Waals surface area contributed by atoms with Gasteiger partial charge in [0.1, 0.15) is 5.75 Å². The number of hydrazine groups is 1. The van der Waals surface area contributed by atoms with Crippen LogP contribution in [0.2, 0.25) is 0 Å². The molecule has 1 aromatic heterocycles. The van der Waals surface area contributed by atoms with E-state index >= 15 is 0 Å². The average molecular weight is 403 g/mol. The number of phenols is 1. The molecule has 30 heavy (non-hydrogen) atoms. The van der Waals surface area contributed by atoms with E-state index in [1.807, 2.05) is 6.08 Å². The molecule has 0 spiro atoms. The van der Waals surface area contributed by atoms with Gasteiger partial charge in [-0.1, -0.05) is 18.2 Å². The lowest BCUT2D eigenvalue weighted by Gasteiger charge is -2.28. The Balaban J connectivity index is 1.70. The van der Waals surface area contributed by atoms with Crippen LogP contribution in [0, 0.1) is 6.92 Å². The summed E-state index contributed by atoms with van der Waals surface area (Å²) in [5.74, 6) is 5.79. The number of H-pyrrole nitrogens is 1. The van der Waals surface area contributed by atoms with Crippen LogP contribution in [-0.4, -0.2) is 44.1 Å². The quantitative estimate of drug-likeness (QED) is 0.578. The van der Waals surface area contributed by atoms with E-state index in [-0.39, 0.29) is 11.7 Å². The number of phenolic OH excluding ortho intramolecular Hbond substituents is 1. The predicted molar refractivity (Wildman–Crippen MR) is 113 cm³/mol. The van der Waals surface area contributed by atoms with E-state index in [1.54, 1.807) is 61.7 Å². The molecule has 1 aliphatic rings. The number of hydrogen-bond acceptors (Lipinski definition) is 6. The van der Waals surface area contributed by atoms with Gasteiger partial charge < -0.3 is 15.0 Å². The number of amides is 1. The van der Waals surface area contributed by atoms with Gasteiger partial charge in [0.2, 0.25) is 0 Å². The van der Waals surface area contributed by atoms with Crippen LogP contribution in [0.1, 0.15) is 15.9 Å². The number of nitrogens with two attached hydrogens (primary N) is 1. The first kappa shape index (κ1) is 19.6. The Kier molecular flexibility index (Phi) is 5.18. The van der Waals surface area contributed by atoms with E-state index in [1.165, 1.54) is 9.91 Å². The van der Waals surface area contributed by atoms with E-state index in [0.717, 1.165) is 5.56 Å². The smallest absolute Gasteiger partial charge is 0.345 e. The zero-order valence-electron chi connectivity index (χ0n) is 16.4. The van der Waals surface area contributed by atoms with Crippen LogP contribution >= 0.6 is 0 Å². The normalized spacial score (nSPS) is 14.1. The third-order valence-electron chi connectivity index (χ3n) is 4.88. The molecule has 152 valence electrons. The van der Waals surface area contributed by atoms with Gasteiger partial charge in [0.25, 0.3) is 5.91 Å². The van der Waals surface area contributed by atoms with Crippen molar-refractivity contribution in [2.75, 3.05) is 13.2 Å². The van der Waals surface area contributed by atoms with E-state index in [4.69, 9.17) is 5.84 Å². The maximum absolute atomic E-state index is 12.8. The van der Waals surface area contributed by atoms with E-state index in [2.05, 4.69) is 9.97 Å². The molecule has 4 rings (SSSR count). The van der Waals surface area contributed by atoms with Crippen LogP contribution in [0.5, 0.6) is 5.75 Å². The molecule has 0 fully saturated rings. The number of hydrogen-bond donors (Lipinski definition) is 3. The summed E-state index contributed by atoms with van der Waals surface area (Å²) < 4.78 is 0. The maximum atomic E-state index is 12.8. The molecule has 4 N–H and O–H groups in total. The highest BCUT2D eigenvalue weighted by molar-refractivity contribution is 5.96. The SMILES string of the molecule is Cc1cc(-c2cc(-c3cccc(C(=O)N4C=CCN(N)C4)c3)nc(=O)[nH]2)ccc1O. The number of nitrogens with zero attached hydrogens (tertiary/aromatic N) is 3. The molecule has 8 heteroatoms. The minimum absolute atomic E-state index is 0.185. The molecule has 1 aliphatic heterocycles. The first-order chi connectivity index (χ1) is 14.4. The predicted octanol–water partition coefficient (Wildman–Crippen LogP) is 2.22. The molecule has 0 bridgehead atoms. The Bertz CT molecular complexity index is 1200. The topological polar surface area (TPSA) is 116 Å². The highest BCUT2D eigenvalue weighted by atomic mass is 16.3. The van der Waals surface area contributed by atoms with Crippen molar-refractivity contribution in [2.24, 2.45) is 5.84 Å². The monoisotopic (exact) mass is 403 g/mol. The summed E-state index contributed by atoms with van der Waals surface area (Å²) in [5, 5.41) is 11.3. The van der Waals surface area contributed by atoms with Crippen molar-refractivity contribution in [3.8, 4) is 28.3 Å². The van der Waals surface area contributed by atoms with Gasteiger partial charge in [-0.3, -0.25) is 10.6 Å². The summed E-state index contributed by atoms with van der Waals surface area (Å²) in [6.07, 6.45) is 3.53. The number of aryl methyl sites for hydroxylation is 1. The van der Waals surface area contributed by atoms with Crippen molar-refractivity contribution in [1.82, 2.24) is 19.9 Å². The number of aromatic amines is 1. The van der Waals surface area contributed by atoms with Crippen LogP contribution < -0.4 is 11.5 Å². The van der Waals surface area contributed by atoms with Crippen LogP contribution in [-0.2, 0) is 0 Å². The molecule has 0 radical (unpaired) electrons. The molecule has 0 aliphatic carbocycles. The summed E-state index contributed by atoms with van der Waals surface area (Å²) in [5.41, 5.74) is 3.09. The summed E-state index contributed by atoms with van der Waals surface area (Å²) in [6.45, 7) is 2.67. The Morgan fingerprint density at radius 3 is 2.77 bits per heavy atom. The van der Waals surface area contributed by atoms with Gasteiger partial charge >= 0.3 is 5.69 Å². The molecule has 2 heterocycles. The van der Waals surface area contributed by atoms with Crippen LogP contribution in [0.25, 0.3) is 22.5 Å². The van der Waals surface area contributed by atoms with Crippen LogP contribution in [0.15, 0.2) is 65.6 Å². The van der Waals surface area contributed by atoms with Gasteiger partial charge in [-0.2, -0.15) is 4.98 Å². The fourth-order valence-electron chi connectivity index (χ4n) is 3.30. The van der Waals surface area contributed by atoms with Crippen molar-refractivity contribution in [1.29, 1.82) is 0 Å². The lowest BCUT2D eigenvalue weighted by atomic mass is 10.0. The Morgan fingerprint density at radius 1 is 1.17 bits per heavy atom. The van der Waals surface area contributed by atoms with Gasteiger partial charge in [-0.05, 0) is 54.4 Å². The summed E-state index contributed by atoms with van der Waals surface area (Å²) in [7, 11) is 0. The molecule has 0 atom stereocenters. The number of aromatic hydroxyl groups is 1. The van der Waals surface area contributed by atoms with E-state index < -0.39 is 5.69 Å². The van der Waals surface area contributed by atoms with Crippen molar-refractivity contribution >= 4 is 5.91 Å². The lowest BCUT2D eigenvalue weighted by Crippen LogP contribution is -2.45. The fraction of sp³-hybridized carbons (Fsp3) is 0.136. The third-order valence-corrected chi connectivity index (χ3v) is 4.88. The second kappa shape index (κ2) is 7.94. The van der Waals surface area contributed by atoms with Gasteiger partial charge in [0.15, 0.2) is 0 Å². The van der Waals surface area contributed by atoms with E-state index in [0.29, 0.717) is 41.3 Å². The molecule has 2 aromatic carbocycles. The maximum Gasteiger partial charge on any atom is 0.345 e. The van der Waals surface area contributed by atoms with Gasteiger partial charge in [0.05, 0.1) is 18.1 Å². The Morgan fingerprint density at radius 2 is 2.00 bits per heavy atom. The van der Waals surface area contributed by atoms with Crippen molar-refractivity contribution < 1.29 is 9.90 Å². The Labute approximate surface area is 172 Å². The zero-order chi connectivity index (χ0) is 21.3. The molecule has 1 amide bonds. The number of benzene rings is 2. The standard InChI is InChI=1S/C22H21N5O3/c1-14-10-16(6-7-20(14)28)19-12-18(24-22(30)25-19)15-4-2-5-17(11-15)21(29)26-8-3-9-27(23)13-26/h2-8,10-12,28H,9,13,23H2,1H3,(H,24,25,30). The number of rotatable bonds is 3. The first-order valence-electron chi connectivity index (χ1n) is 9.40. The minimum atomic E-state index is -0.498. The molecular weight excluding hydrogens is 382 g/mol. The van der Waals surface area contributed by atoms with Crippen LogP contribution in [0.4, 0.5) is 0 Å². The molecule has 0 saturated heterocycles. The molecule has 8 nitrogen and oxygen atoms in total. The van der Waals surface area contributed by atoms with Crippen molar-refractivity contribution in [3.05, 3.63) is 82.4 Å². The second-order valence-electron chi connectivity index (χ2n) is 7.14. The molecule has 0 saturated carbocycles. The summed E-state index contributed by atoms with van der Waals surface area (Å²) in [6, 6.07) is 13.8. The lowest BCUT2D eigenvalue weighted by molar-refractivity contribution is 0.0715. The highest BCUT2D eigenvalue weighted by Gasteiger charge is 2.18. The van der Waals surface area contributed by atoms with Gasteiger partial charge in [0, 0.05) is 23.9 Å². The van der Waals surface area contributed by atoms with Gasteiger partial charge in [-0.25, -0.2) is 9.80 Å². The zero-order valence-corrected chi connectivity index (χ0v) is 16.4. The fourth-order valence-corrected chi connectivity index (χ4v) is 3.30. The first-order valence-corrected chi connectivity index (χ1v) is 9.40. The second-order valence-corrected chi connectivity index (χ2v) is 7.14.